The summed E-state index contributed by atoms with van der Waals surface area (Å²) < 4.78 is 4.60. The number of nitrogens with one attached hydrogen (secondary N) is 2. The summed E-state index contributed by atoms with van der Waals surface area (Å²) in [4.78, 5) is 22.2. The number of carbonyl (C=O) groups is 2. The quantitative estimate of drug-likeness (QED) is 0.598. The van der Waals surface area contributed by atoms with E-state index < -0.39 is 0 Å². The van der Waals surface area contributed by atoms with Gasteiger partial charge < -0.3 is 15.4 Å². The van der Waals surface area contributed by atoms with Crippen LogP contribution in [0.5, 0.6) is 0 Å². The summed E-state index contributed by atoms with van der Waals surface area (Å²) in [5, 5.41) is 5.83. The molecule has 1 fully saturated rings. The number of ether oxygens (including phenoxy) is 1. The van der Waals surface area contributed by atoms with Crippen LogP contribution < -0.4 is 10.6 Å². The van der Waals surface area contributed by atoms with Gasteiger partial charge >= 0.3 is 5.97 Å². The molecule has 5 heteroatoms. The standard InChI is InChI=1S/C9H16N2O3/c1-3-8(12)11-6-4-7(10-5-6)9(13)14-2/h6-7,10H,3-5H2,1-2H3,(H,11,12)/t6-,7-/m0/s1. The average molecular weight is 200 g/mol. The van der Waals surface area contributed by atoms with Gasteiger partial charge in [-0.2, -0.15) is 0 Å². The van der Waals surface area contributed by atoms with Gasteiger partial charge in [0, 0.05) is 19.0 Å². The molecular formula is C9H16N2O3. The Labute approximate surface area is 83.2 Å². The van der Waals surface area contributed by atoms with Gasteiger partial charge in [-0.05, 0) is 6.42 Å². The minimum atomic E-state index is -0.276. The molecule has 0 unspecified atom stereocenters. The summed E-state index contributed by atoms with van der Waals surface area (Å²) in [6.45, 7) is 2.43. The average Bonchev–Trinajstić information content (AvgIpc) is 2.65. The summed E-state index contributed by atoms with van der Waals surface area (Å²) >= 11 is 0. The summed E-state index contributed by atoms with van der Waals surface area (Å²) in [7, 11) is 1.36. The van der Waals surface area contributed by atoms with E-state index in [2.05, 4.69) is 15.4 Å². The van der Waals surface area contributed by atoms with Crippen LogP contribution in [-0.2, 0) is 14.3 Å². The van der Waals surface area contributed by atoms with Crippen molar-refractivity contribution in [3.63, 3.8) is 0 Å². The van der Waals surface area contributed by atoms with Crippen LogP contribution in [0, 0.1) is 0 Å². The molecule has 2 atom stereocenters. The highest BCUT2D eigenvalue weighted by Gasteiger charge is 2.30. The monoisotopic (exact) mass is 200 g/mol. The van der Waals surface area contributed by atoms with Gasteiger partial charge in [0.15, 0.2) is 0 Å². The summed E-state index contributed by atoms with van der Waals surface area (Å²) in [6, 6.07) is -0.228. The fourth-order valence-corrected chi connectivity index (χ4v) is 1.50. The lowest BCUT2D eigenvalue weighted by atomic mass is 10.1. The van der Waals surface area contributed by atoms with E-state index in [9.17, 15) is 9.59 Å². The Morgan fingerprint density at radius 2 is 2.29 bits per heavy atom. The highest BCUT2D eigenvalue weighted by molar-refractivity contribution is 5.78. The van der Waals surface area contributed by atoms with Crippen molar-refractivity contribution in [3.05, 3.63) is 0 Å². The van der Waals surface area contributed by atoms with Crippen LogP contribution in [0.4, 0.5) is 0 Å². The molecule has 0 spiro atoms. The molecule has 1 saturated heterocycles. The number of rotatable bonds is 3. The Morgan fingerprint density at radius 3 is 2.86 bits per heavy atom. The molecule has 0 aliphatic carbocycles. The molecule has 1 rings (SSSR count). The number of hydrogen-bond donors (Lipinski definition) is 2. The Morgan fingerprint density at radius 1 is 1.57 bits per heavy atom. The predicted molar refractivity (Wildman–Crippen MR) is 50.6 cm³/mol. The normalized spacial score (nSPS) is 25.9. The van der Waals surface area contributed by atoms with E-state index in [1.54, 1.807) is 6.92 Å². The molecule has 80 valence electrons. The highest BCUT2D eigenvalue weighted by atomic mass is 16.5. The van der Waals surface area contributed by atoms with Crippen LogP contribution in [-0.4, -0.2) is 37.6 Å². The smallest absolute Gasteiger partial charge is 0.322 e. The molecule has 1 aliphatic rings. The number of hydrogen-bond acceptors (Lipinski definition) is 4. The summed E-state index contributed by atoms with van der Waals surface area (Å²) in [5.74, 6) is -0.249. The van der Waals surface area contributed by atoms with Crippen LogP contribution >= 0.6 is 0 Å². The van der Waals surface area contributed by atoms with Gasteiger partial charge in [0.1, 0.15) is 6.04 Å². The topological polar surface area (TPSA) is 67.4 Å². The van der Waals surface area contributed by atoms with Crippen molar-refractivity contribution in [2.75, 3.05) is 13.7 Å². The van der Waals surface area contributed by atoms with Crippen molar-refractivity contribution < 1.29 is 14.3 Å². The van der Waals surface area contributed by atoms with Crippen LogP contribution in [0.1, 0.15) is 19.8 Å². The second kappa shape index (κ2) is 4.95. The lowest BCUT2D eigenvalue weighted by Gasteiger charge is -2.10. The molecule has 5 nitrogen and oxygen atoms in total. The third kappa shape index (κ3) is 2.70. The SMILES string of the molecule is CCC(=O)N[C@@H]1CN[C@H](C(=O)OC)C1. The van der Waals surface area contributed by atoms with Crippen LogP contribution in [0.2, 0.25) is 0 Å². The molecule has 14 heavy (non-hydrogen) atoms. The third-order valence-corrected chi connectivity index (χ3v) is 2.30. The van der Waals surface area contributed by atoms with Crippen molar-refractivity contribution in [1.82, 2.24) is 10.6 Å². The lowest BCUT2D eigenvalue weighted by Crippen LogP contribution is -2.35. The van der Waals surface area contributed by atoms with E-state index in [0.717, 1.165) is 0 Å². The van der Waals surface area contributed by atoms with E-state index >= 15 is 0 Å². The zero-order valence-corrected chi connectivity index (χ0v) is 8.50. The maximum absolute atomic E-state index is 11.1. The fraction of sp³-hybridized carbons (Fsp3) is 0.778. The second-order valence-corrected chi connectivity index (χ2v) is 3.34. The first-order valence-corrected chi connectivity index (χ1v) is 4.78. The Bertz CT molecular complexity index is 230. The maximum Gasteiger partial charge on any atom is 0.322 e. The largest absolute Gasteiger partial charge is 0.468 e. The van der Waals surface area contributed by atoms with Gasteiger partial charge in [0.2, 0.25) is 5.91 Å². The van der Waals surface area contributed by atoms with Crippen molar-refractivity contribution >= 4 is 11.9 Å². The van der Waals surface area contributed by atoms with Crippen molar-refractivity contribution in [1.29, 1.82) is 0 Å². The number of carbonyl (C=O) groups excluding carboxylic acids is 2. The van der Waals surface area contributed by atoms with E-state index in [-0.39, 0.29) is 24.0 Å². The van der Waals surface area contributed by atoms with Crippen molar-refractivity contribution in [2.45, 2.75) is 31.8 Å². The van der Waals surface area contributed by atoms with Gasteiger partial charge in [0.25, 0.3) is 0 Å². The highest BCUT2D eigenvalue weighted by Crippen LogP contribution is 2.07. The van der Waals surface area contributed by atoms with E-state index in [1.807, 2.05) is 0 Å². The molecular weight excluding hydrogens is 184 g/mol. The first kappa shape index (κ1) is 11.0. The van der Waals surface area contributed by atoms with E-state index in [4.69, 9.17) is 0 Å². The molecule has 1 aliphatic heterocycles. The molecule has 0 saturated carbocycles. The molecule has 1 heterocycles. The van der Waals surface area contributed by atoms with Gasteiger partial charge in [-0.1, -0.05) is 6.92 Å². The molecule has 2 N–H and O–H groups in total. The molecule has 0 aromatic heterocycles. The number of amides is 1. The third-order valence-electron chi connectivity index (χ3n) is 2.30. The molecule has 0 radical (unpaired) electrons. The zero-order chi connectivity index (χ0) is 10.6. The Hall–Kier alpha value is -1.10. The zero-order valence-electron chi connectivity index (χ0n) is 8.50. The van der Waals surface area contributed by atoms with Crippen LogP contribution in [0.3, 0.4) is 0 Å². The van der Waals surface area contributed by atoms with Crippen LogP contribution in [0.25, 0.3) is 0 Å². The van der Waals surface area contributed by atoms with E-state index in [0.29, 0.717) is 19.4 Å². The Balaban J connectivity index is 2.34. The minimum absolute atomic E-state index is 0.0160. The second-order valence-electron chi connectivity index (χ2n) is 3.34. The molecule has 1 amide bonds. The predicted octanol–water partition coefficient (Wildman–Crippen LogP) is -0.584. The number of methoxy groups -OCH3 is 1. The van der Waals surface area contributed by atoms with Gasteiger partial charge in [0.05, 0.1) is 7.11 Å². The van der Waals surface area contributed by atoms with Crippen molar-refractivity contribution in [2.24, 2.45) is 0 Å². The summed E-state index contributed by atoms with van der Waals surface area (Å²) in [6.07, 6.45) is 1.08. The Kier molecular flexibility index (Phi) is 3.88. The first-order chi connectivity index (χ1) is 6.67. The number of esters is 1. The summed E-state index contributed by atoms with van der Waals surface area (Å²) in [5.41, 5.74) is 0. The molecule has 0 aromatic carbocycles. The van der Waals surface area contributed by atoms with Gasteiger partial charge in [-0.25, -0.2) is 0 Å². The van der Waals surface area contributed by atoms with Gasteiger partial charge in [-0.15, -0.1) is 0 Å². The molecule has 0 aromatic rings. The van der Waals surface area contributed by atoms with E-state index in [1.165, 1.54) is 7.11 Å². The van der Waals surface area contributed by atoms with Crippen molar-refractivity contribution in [3.8, 4) is 0 Å². The maximum atomic E-state index is 11.1. The van der Waals surface area contributed by atoms with Crippen LogP contribution in [0.15, 0.2) is 0 Å². The minimum Gasteiger partial charge on any atom is -0.468 e. The fourth-order valence-electron chi connectivity index (χ4n) is 1.50. The molecule has 0 bridgehead atoms. The lowest BCUT2D eigenvalue weighted by molar-refractivity contribution is -0.142. The first-order valence-electron chi connectivity index (χ1n) is 4.78. The van der Waals surface area contributed by atoms with Gasteiger partial charge in [-0.3, -0.25) is 9.59 Å².